The van der Waals surface area contributed by atoms with E-state index in [2.05, 4.69) is 25.9 Å². The molecule has 0 saturated heterocycles. The van der Waals surface area contributed by atoms with E-state index in [0.29, 0.717) is 24.8 Å². The van der Waals surface area contributed by atoms with Crippen LogP contribution < -0.4 is 16.0 Å². The molecule has 0 bridgehead atoms. The molecule has 0 saturated carbocycles. The second-order valence-corrected chi connectivity index (χ2v) is 5.02. The number of guanidine groups is 1. The second kappa shape index (κ2) is 8.94. The first kappa shape index (κ1) is 16.9. The number of hydrogen-bond donors (Lipinski definition) is 3. The molecule has 0 fully saturated rings. The first-order chi connectivity index (χ1) is 10.0. The molecule has 0 unspecified atom stereocenters. The summed E-state index contributed by atoms with van der Waals surface area (Å²) < 4.78 is 0. The fourth-order valence-electron chi connectivity index (χ4n) is 1.68. The van der Waals surface area contributed by atoms with Crippen molar-refractivity contribution in [3.05, 3.63) is 23.9 Å². The molecular formula is C15H25N5O. The Morgan fingerprint density at radius 2 is 2.14 bits per heavy atom. The zero-order valence-corrected chi connectivity index (χ0v) is 13.2. The summed E-state index contributed by atoms with van der Waals surface area (Å²) in [6, 6.07) is 5.83. The Bertz CT molecular complexity index is 485. The molecule has 0 radical (unpaired) electrons. The van der Waals surface area contributed by atoms with Gasteiger partial charge >= 0.3 is 0 Å². The summed E-state index contributed by atoms with van der Waals surface area (Å²) in [5.41, 5.74) is 0.876. The van der Waals surface area contributed by atoms with Crippen LogP contribution in [0.4, 0.5) is 5.82 Å². The number of aromatic nitrogens is 1. The number of carbonyl (C=O) groups is 1. The predicted molar refractivity (Wildman–Crippen MR) is 86.5 cm³/mol. The Morgan fingerprint density at radius 1 is 1.38 bits per heavy atom. The van der Waals surface area contributed by atoms with E-state index in [1.807, 2.05) is 39.8 Å². The lowest BCUT2D eigenvalue weighted by atomic mass is 10.3. The number of aliphatic imine (C=N–C) groups is 1. The van der Waals surface area contributed by atoms with Crippen molar-refractivity contribution in [3.8, 4) is 0 Å². The number of amides is 1. The van der Waals surface area contributed by atoms with Crippen molar-refractivity contribution < 1.29 is 4.79 Å². The smallest absolute Gasteiger partial charge is 0.227 e. The van der Waals surface area contributed by atoms with Crippen LogP contribution in [-0.2, 0) is 4.79 Å². The molecule has 3 N–H and O–H groups in total. The molecule has 0 spiro atoms. The lowest BCUT2D eigenvalue weighted by Crippen LogP contribution is -2.41. The molecular weight excluding hydrogens is 266 g/mol. The monoisotopic (exact) mass is 291 g/mol. The molecule has 0 atom stereocenters. The highest BCUT2D eigenvalue weighted by atomic mass is 16.1. The van der Waals surface area contributed by atoms with Gasteiger partial charge in [-0.05, 0) is 39.8 Å². The summed E-state index contributed by atoms with van der Waals surface area (Å²) in [4.78, 5) is 20.4. The Labute approximate surface area is 126 Å². The lowest BCUT2D eigenvalue weighted by Gasteiger charge is -2.13. The van der Waals surface area contributed by atoms with E-state index < -0.39 is 0 Å². The molecule has 0 aliphatic heterocycles. The maximum Gasteiger partial charge on any atom is 0.227 e. The van der Waals surface area contributed by atoms with Gasteiger partial charge in [-0.1, -0.05) is 6.07 Å². The Balaban J connectivity index is 2.44. The first-order valence-electron chi connectivity index (χ1n) is 7.29. The van der Waals surface area contributed by atoms with Gasteiger partial charge in [0.2, 0.25) is 5.91 Å². The Hall–Kier alpha value is -2.11. The third-order valence-electron chi connectivity index (χ3n) is 2.53. The van der Waals surface area contributed by atoms with Crippen LogP contribution in [0.5, 0.6) is 0 Å². The van der Waals surface area contributed by atoms with Crippen molar-refractivity contribution in [1.29, 1.82) is 0 Å². The molecule has 6 nitrogen and oxygen atoms in total. The normalized spacial score (nSPS) is 11.4. The molecule has 0 aliphatic carbocycles. The van der Waals surface area contributed by atoms with Crippen LogP contribution >= 0.6 is 0 Å². The maximum absolute atomic E-state index is 11.8. The number of carbonyl (C=O) groups excluding carboxylic acids is 1. The highest BCUT2D eigenvalue weighted by Crippen LogP contribution is 2.04. The Kier molecular flexibility index (Phi) is 7.21. The van der Waals surface area contributed by atoms with Crippen molar-refractivity contribution in [3.63, 3.8) is 0 Å². The van der Waals surface area contributed by atoms with Gasteiger partial charge in [0.15, 0.2) is 5.96 Å². The molecule has 6 heteroatoms. The van der Waals surface area contributed by atoms with E-state index in [0.717, 1.165) is 18.2 Å². The van der Waals surface area contributed by atoms with Crippen LogP contribution in [0, 0.1) is 6.92 Å². The summed E-state index contributed by atoms with van der Waals surface area (Å²) >= 11 is 0. The van der Waals surface area contributed by atoms with Crippen LogP contribution in [0.1, 0.15) is 32.9 Å². The maximum atomic E-state index is 11.8. The molecule has 1 heterocycles. The summed E-state index contributed by atoms with van der Waals surface area (Å²) in [7, 11) is 0. The van der Waals surface area contributed by atoms with Gasteiger partial charge in [0.25, 0.3) is 0 Å². The van der Waals surface area contributed by atoms with E-state index in [4.69, 9.17) is 0 Å². The predicted octanol–water partition coefficient (Wildman–Crippen LogP) is 1.68. The van der Waals surface area contributed by atoms with Crippen molar-refractivity contribution in [1.82, 2.24) is 15.6 Å². The lowest BCUT2D eigenvalue weighted by molar-refractivity contribution is -0.116. The van der Waals surface area contributed by atoms with Gasteiger partial charge in [-0.15, -0.1) is 0 Å². The average Bonchev–Trinajstić information content (AvgIpc) is 2.38. The molecule has 116 valence electrons. The highest BCUT2D eigenvalue weighted by Gasteiger charge is 2.04. The Morgan fingerprint density at radius 3 is 2.76 bits per heavy atom. The van der Waals surface area contributed by atoms with Crippen molar-refractivity contribution in [2.45, 2.75) is 40.2 Å². The number of rotatable bonds is 6. The quantitative estimate of drug-likeness (QED) is 0.550. The SMILES string of the molecule is CCNC(=NCCC(=O)Nc1cccc(C)n1)NC(C)C. The molecule has 1 amide bonds. The van der Waals surface area contributed by atoms with Gasteiger partial charge in [-0.25, -0.2) is 4.98 Å². The highest BCUT2D eigenvalue weighted by molar-refractivity contribution is 5.90. The van der Waals surface area contributed by atoms with Crippen molar-refractivity contribution >= 4 is 17.7 Å². The summed E-state index contributed by atoms with van der Waals surface area (Å²) in [6.07, 6.45) is 0.324. The van der Waals surface area contributed by atoms with Gasteiger partial charge < -0.3 is 16.0 Å². The molecule has 1 aromatic heterocycles. The van der Waals surface area contributed by atoms with Gasteiger partial charge in [-0.2, -0.15) is 0 Å². The third-order valence-corrected chi connectivity index (χ3v) is 2.53. The molecule has 1 aromatic rings. The minimum absolute atomic E-state index is 0.0859. The third kappa shape index (κ3) is 7.29. The zero-order valence-electron chi connectivity index (χ0n) is 13.2. The largest absolute Gasteiger partial charge is 0.357 e. The van der Waals surface area contributed by atoms with E-state index in [1.54, 1.807) is 6.07 Å². The van der Waals surface area contributed by atoms with E-state index >= 15 is 0 Å². The van der Waals surface area contributed by atoms with E-state index in [1.165, 1.54) is 0 Å². The van der Waals surface area contributed by atoms with Crippen LogP contribution in [-0.4, -0.2) is 36.0 Å². The standard InChI is InChI=1S/C15H25N5O/c1-5-16-15(18-11(2)3)17-10-9-14(21)20-13-8-6-7-12(4)19-13/h6-8,11H,5,9-10H2,1-4H3,(H2,16,17,18)(H,19,20,21). The van der Waals surface area contributed by atoms with Crippen LogP contribution in [0.3, 0.4) is 0 Å². The average molecular weight is 291 g/mol. The summed E-state index contributed by atoms with van der Waals surface area (Å²) in [5, 5.41) is 9.12. The van der Waals surface area contributed by atoms with Gasteiger partial charge in [0.05, 0.1) is 6.54 Å². The van der Waals surface area contributed by atoms with Crippen LogP contribution in [0.25, 0.3) is 0 Å². The topological polar surface area (TPSA) is 78.4 Å². The first-order valence-corrected chi connectivity index (χ1v) is 7.29. The number of hydrogen-bond acceptors (Lipinski definition) is 3. The van der Waals surface area contributed by atoms with Crippen LogP contribution in [0.15, 0.2) is 23.2 Å². The van der Waals surface area contributed by atoms with Crippen molar-refractivity contribution in [2.75, 3.05) is 18.4 Å². The minimum atomic E-state index is -0.0859. The molecule has 0 aromatic carbocycles. The number of anilines is 1. The second-order valence-electron chi connectivity index (χ2n) is 5.02. The number of aryl methyl sites for hydroxylation is 1. The van der Waals surface area contributed by atoms with Gasteiger partial charge in [0.1, 0.15) is 5.82 Å². The minimum Gasteiger partial charge on any atom is -0.357 e. The van der Waals surface area contributed by atoms with E-state index in [9.17, 15) is 4.79 Å². The fourth-order valence-corrected chi connectivity index (χ4v) is 1.68. The number of nitrogens with zero attached hydrogens (tertiary/aromatic N) is 2. The fraction of sp³-hybridized carbons (Fsp3) is 0.533. The number of pyridine rings is 1. The van der Waals surface area contributed by atoms with Gasteiger partial charge in [-0.3, -0.25) is 9.79 Å². The molecule has 0 aliphatic rings. The number of nitrogens with one attached hydrogen (secondary N) is 3. The molecule has 21 heavy (non-hydrogen) atoms. The van der Waals surface area contributed by atoms with Crippen LogP contribution in [0.2, 0.25) is 0 Å². The summed E-state index contributed by atoms with van der Waals surface area (Å²) in [6.45, 7) is 9.21. The zero-order chi connectivity index (χ0) is 15.7. The summed E-state index contributed by atoms with van der Waals surface area (Å²) in [5.74, 6) is 1.22. The van der Waals surface area contributed by atoms with E-state index in [-0.39, 0.29) is 5.91 Å². The van der Waals surface area contributed by atoms with Crippen molar-refractivity contribution in [2.24, 2.45) is 4.99 Å². The molecule has 1 rings (SSSR count). The van der Waals surface area contributed by atoms with Gasteiger partial charge in [0, 0.05) is 24.7 Å².